The van der Waals surface area contributed by atoms with Crippen molar-refractivity contribution in [2.45, 2.75) is 32.1 Å². The van der Waals surface area contributed by atoms with Crippen molar-refractivity contribution in [2.75, 3.05) is 0 Å². The van der Waals surface area contributed by atoms with E-state index in [1.54, 1.807) is 0 Å². The molecule has 3 heteroatoms. The molecular formula is C8H12O3. The third kappa shape index (κ3) is 7.03. The summed E-state index contributed by atoms with van der Waals surface area (Å²) in [5, 5.41) is 8.19. The molecule has 1 N–H and O–H groups in total. The molecular weight excluding hydrogens is 144 g/mol. The van der Waals surface area contributed by atoms with Gasteiger partial charge in [0.2, 0.25) is 0 Å². The molecule has 0 aromatic heterocycles. The highest BCUT2D eigenvalue weighted by Gasteiger charge is 2.05. The molecule has 0 atom stereocenters. The van der Waals surface area contributed by atoms with Crippen LogP contribution in [0.3, 0.4) is 0 Å². The highest BCUT2D eigenvalue weighted by atomic mass is 16.4. The van der Waals surface area contributed by atoms with Crippen molar-refractivity contribution in [1.82, 2.24) is 0 Å². The van der Waals surface area contributed by atoms with Gasteiger partial charge in [-0.05, 0) is 19.8 Å². The van der Waals surface area contributed by atoms with Crippen molar-refractivity contribution in [3.63, 3.8) is 0 Å². The first-order valence-electron chi connectivity index (χ1n) is 3.60. The number of hydrogen-bond acceptors (Lipinski definition) is 2. The number of rotatable bonds is 6. The van der Waals surface area contributed by atoms with Crippen molar-refractivity contribution < 1.29 is 14.7 Å². The summed E-state index contributed by atoms with van der Waals surface area (Å²) in [6, 6.07) is 0. The maximum absolute atomic E-state index is 10.7. The number of unbranched alkanes of at least 4 members (excludes halogenated alkanes) is 2. The lowest BCUT2D eigenvalue weighted by molar-refractivity contribution is -0.140. The second kappa shape index (κ2) is 5.89. The average Bonchev–Trinajstić information content (AvgIpc) is 1.86. The Hall–Kier alpha value is -0.860. The molecule has 62 valence electrons. The van der Waals surface area contributed by atoms with Gasteiger partial charge in [0.15, 0.2) is 0 Å². The largest absolute Gasteiger partial charge is 0.481 e. The van der Waals surface area contributed by atoms with E-state index in [1.807, 2.05) is 0 Å². The summed E-state index contributed by atoms with van der Waals surface area (Å²) < 4.78 is 0. The van der Waals surface area contributed by atoms with E-state index in [4.69, 9.17) is 12.0 Å². The van der Waals surface area contributed by atoms with E-state index in [9.17, 15) is 9.59 Å². The standard InChI is InChI=1S/C8H12O3/c1-2-3-4-5-7(9)6-8(10)11/h1H,2-6H2,(H,10,11). The van der Waals surface area contributed by atoms with E-state index in [1.165, 1.54) is 0 Å². The van der Waals surface area contributed by atoms with Gasteiger partial charge in [-0.1, -0.05) is 6.42 Å². The summed E-state index contributed by atoms with van der Waals surface area (Å²) in [6.07, 6.45) is 2.02. The minimum absolute atomic E-state index is 0.217. The average molecular weight is 156 g/mol. The molecule has 0 rings (SSSR count). The van der Waals surface area contributed by atoms with Gasteiger partial charge in [-0.15, -0.1) is 0 Å². The molecule has 0 saturated heterocycles. The SMILES string of the molecule is [CH]CCCCC(=O)CC(=O)O. The zero-order chi connectivity index (χ0) is 8.69. The normalized spacial score (nSPS) is 9.55. The van der Waals surface area contributed by atoms with Crippen LogP contribution in [0.15, 0.2) is 0 Å². The topological polar surface area (TPSA) is 54.4 Å². The van der Waals surface area contributed by atoms with Crippen molar-refractivity contribution in [1.29, 1.82) is 0 Å². The maximum atomic E-state index is 10.7. The van der Waals surface area contributed by atoms with Gasteiger partial charge in [0.05, 0.1) is 0 Å². The van der Waals surface area contributed by atoms with Gasteiger partial charge in [0, 0.05) is 6.42 Å². The van der Waals surface area contributed by atoms with Gasteiger partial charge in [0.25, 0.3) is 0 Å². The lowest BCUT2D eigenvalue weighted by atomic mass is 10.1. The first-order chi connectivity index (χ1) is 5.16. The van der Waals surface area contributed by atoms with Gasteiger partial charge in [-0.25, -0.2) is 0 Å². The first kappa shape index (κ1) is 10.1. The number of carboxylic acid groups (broad SMARTS) is 1. The van der Waals surface area contributed by atoms with Crippen LogP contribution in [0.2, 0.25) is 0 Å². The molecule has 0 aliphatic carbocycles. The minimum Gasteiger partial charge on any atom is -0.481 e. The van der Waals surface area contributed by atoms with Gasteiger partial charge < -0.3 is 5.11 Å². The van der Waals surface area contributed by atoms with Crippen LogP contribution in [0.4, 0.5) is 0 Å². The lowest BCUT2D eigenvalue weighted by Crippen LogP contribution is -2.05. The molecule has 0 fully saturated rings. The van der Waals surface area contributed by atoms with Gasteiger partial charge in [-0.3, -0.25) is 9.59 Å². The molecule has 0 bridgehead atoms. The van der Waals surface area contributed by atoms with E-state index in [0.29, 0.717) is 19.3 Å². The van der Waals surface area contributed by atoms with Crippen molar-refractivity contribution in [3.05, 3.63) is 6.92 Å². The Morgan fingerprint density at radius 3 is 2.36 bits per heavy atom. The van der Waals surface area contributed by atoms with Gasteiger partial charge >= 0.3 is 5.97 Å². The molecule has 0 unspecified atom stereocenters. The predicted molar refractivity (Wildman–Crippen MR) is 40.0 cm³/mol. The minimum atomic E-state index is -1.05. The quantitative estimate of drug-likeness (QED) is 0.466. The zero-order valence-corrected chi connectivity index (χ0v) is 6.38. The number of hydrogen-bond donors (Lipinski definition) is 1. The monoisotopic (exact) mass is 156 g/mol. The summed E-state index contributed by atoms with van der Waals surface area (Å²) in [5.74, 6) is -1.27. The fourth-order valence-corrected chi connectivity index (χ4v) is 0.724. The molecule has 0 aliphatic heterocycles. The Kier molecular flexibility index (Phi) is 5.43. The van der Waals surface area contributed by atoms with E-state index in [0.717, 1.165) is 6.42 Å². The molecule has 3 nitrogen and oxygen atoms in total. The second-order valence-electron chi connectivity index (χ2n) is 2.35. The third-order valence-corrected chi connectivity index (χ3v) is 1.26. The van der Waals surface area contributed by atoms with Gasteiger partial charge in [-0.2, -0.15) is 0 Å². The highest BCUT2D eigenvalue weighted by molar-refractivity contribution is 5.94. The van der Waals surface area contributed by atoms with Crippen LogP contribution in [0.1, 0.15) is 32.1 Å². The number of aliphatic carboxylic acids is 1. The van der Waals surface area contributed by atoms with E-state index in [-0.39, 0.29) is 12.2 Å². The van der Waals surface area contributed by atoms with Crippen molar-refractivity contribution in [3.8, 4) is 0 Å². The van der Waals surface area contributed by atoms with Crippen LogP contribution in [0.5, 0.6) is 0 Å². The molecule has 0 spiro atoms. The zero-order valence-electron chi connectivity index (χ0n) is 6.38. The summed E-state index contributed by atoms with van der Waals surface area (Å²) in [5.41, 5.74) is 0. The highest BCUT2D eigenvalue weighted by Crippen LogP contribution is 2.01. The maximum Gasteiger partial charge on any atom is 0.310 e. The molecule has 0 heterocycles. The predicted octanol–water partition coefficient (Wildman–Crippen LogP) is 1.30. The summed E-state index contributed by atoms with van der Waals surface area (Å²) in [4.78, 5) is 20.7. The Balaban J connectivity index is 3.30. The van der Waals surface area contributed by atoms with Crippen LogP contribution in [0, 0.1) is 6.92 Å². The molecule has 0 aromatic rings. The third-order valence-electron chi connectivity index (χ3n) is 1.26. The number of carbonyl (C=O) groups is 2. The Bertz CT molecular complexity index is 140. The van der Waals surface area contributed by atoms with E-state index >= 15 is 0 Å². The van der Waals surface area contributed by atoms with Crippen LogP contribution in [-0.2, 0) is 9.59 Å². The molecule has 0 aromatic carbocycles. The number of carboxylic acids is 1. The van der Waals surface area contributed by atoms with Crippen LogP contribution >= 0.6 is 0 Å². The smallest absolute Gasteiger partial charge is 0.310 e. The molecule has 2 radical (unpaired) electrons. The first-order valence-corrected chi connectivity index (χ1v) is 3.60. The lowest BCUT2D eigenvalue weighted by Gasteiger charge is -1.95. The van der Waals surface area contributed by atoms with Crippen molar-refractivity contribution in [2.24, 2.45) is 0 Å². The Morgan fingerprint density at radius 2 is 1.91 bits per heavy atom. The van der Waals surface area contributed by atoms with E-state index < -0.39 is 5.97 Å². The molecule has 11 heavy (non-hydrogen) atoms. The van der Waals surface area contributed by atoms with Crippen LogP contribution in [0.25, 0.3) is 0 Å². The fraction of sp³-hybridized carbons (Fsp3) is 0.625. The molecule has 0 amide bonds. The van der Waals surface area contributed by atoms with Gasteiger partial charge in [0.1, 0.15) is 12.2 Å². The Labute approximate surface area is 66.4 Å². The molecule has 0 aliphatic rings. The summed E-state index contributed by atoms with van der Waals surface area (Å²) in [6.45, 7) is 5.19. The number of Topliss-reactive ketones (excluding diaryl/α,β-unsaturated/α-hetero) is 1. The summed E-state index contributed by atoms with van der Waals surface area (Å²) >= 11 is 0. The van der Waals surface area contributed by atoms with Crippen LogP contribution in [-0.4, -0.2) is 16.9 Å². The van der Waals surface area contributed by atoms with Crippen molar-refractivity contribution >= 4 is 11.8 Å². The number of carbonyl (C=O) groups excluding carboxylic acids is 1. The summed E-state index contributed by atoms with van der Waals surface area (Å²) in [7, 11) is 0. The fourth-order valence-electron chi connectivity index (χ4n) is 0.724. The molecule has 0 saturated carbocycles. The van der Waals surface area contributed by atoms with Crippen LogP contribution < -0.4 is 0 Å². The van der Waals surface area contributed by atoms with E-state index in [2.05, 4.69) is 0 Å². The Morgan fingerprint density at radius 1 is 1.27 bits per heavy atom. The second-order valence-corrected chi connectivity index (χ2v) is 2.35. The number of ketones is 1.